The van der Waals surface area contributed by atoms with Crippen LogP contribution in [0.4, 0.5) is 0 Å². The van der Waals surface area contributed by atoms with Gasteiger partial charge in [-0.25, -0.2) is 0 Å². The molecule has 1 unspecified atom stereocenters. The molecule has 0 saturated carbocycles. The minimum absolute atomic E-state index is 0.454. The highest BCUT2D eigenvalue weighted by atomic mass is 14.8. The molecule has 0 rings (SSSR count). The zero-order valence-corrected chi connectivity index (χ0v) is 7.36. The minimum atomic E-state index is 0.454. The molecule has 0 radical (unpaired) electrons. The van der Waals surface area contributed by atoms with E-state index in [4.69, 9.17) is 5.73 Å². The lowest BCUT2D eigenvalue weighted by Gasteiger charge is -2.15. The molecule has 0 aromatic carbocycles. The topological polar surface area (TPSA) is 38.0 Å². The van der Waals surface area contributed by atoms with Gasteiger partial charge in [0.05, 0.1) is 0 Å². The molecular weight excluding hydrogens is 124 g/mol. The first-order valence-electron chi connectivity index (χ1n) is 3.68. The van der Waals surface area contributed by atoms with Gasteiger partial charge in [-0.15, -0.1) is 0 Å². The average Bonchev–Trinajstić information content (AvgIpc) is 1.88. The summed E-state index contributed by atoms with van der Waals surface area (Å²) in [6.45, 7) is 7.02. The van der Waals surface area contributed by atoms with Crippen molar-refractivity contribution in [2.24, 2.45) is 11.7 Å². The first-order chi connectivity index (χ1) is 4.63. The second-order valence-corrected chi connectivity index (χ2v) is 2.80. The first-order valence-corrected chi connectivity index (χ1v) is 3.68. The maximum absolute atomic E-state index is 5.51. The Morgan fingerprint density at radius 1 is 1.50 bits per heavy atom. The molecule has 2 nitrogen and oxygen atoms in total. The van der Waals surface area contributed by atoms with Gasteiger partial charge in [-0.1, -0.05) is 12.5 Å². The van der Waals surface area contributed by atoms with Crippen LogP contribution in [0.1, 0.15) is 20.8 Å². The van der Waals surface area contributed by atoms with Crippen molar-refractivity contribution < 1.29 is 0 Å². The summed E-state index contributed by atoms with van der Waals surface area (Å²) in [7, 11) is 1.94. The Balaban J connectivity index is 4.21. The first kappa shape index (κ1) is 9.50. The van der Waals surface area contributed by atoms with Crippen LogP contribution in [0.2, 0.25) is 0 Å². The predicted octanol–water partition coefficient (Wildman–Crippen LogP) is 1.09. The maximum atomic E-state index is 5.51. The van der Waals surface area contributed by atoms with Crippen LogP contribution >= 0.6 is 0 Å². The van der Waals surface area contributed by atoms with Gasteiger partial charge in [0.25, 0.3) is 0 Å². The van der Waals surface area contributed by atoms with Crippen LogP contribution in [0.3, 0.4) is 0 Å². The zero-order chi connectivity index (χ0) is 8.15. The Kier molecular flexibility index (Phi) is 4.12. The van der Waals surface area contributed by atoms with Gasteiger partial charge in [0, 0.05) is 25.2 Å². The van der Waals surface area contributed by atoms with Crippen LogP contribution in [-0.2, 0) is 0 Å². The molecule has 0 aliphatic heterocycles. The molecule has 0 spiro atoms. The van der Waals surface area contributed by atoms with E-state index in [9.17, 15) is 0 Å². The molecule has 0 aromatic rings. The van der Waals surface area contributed by atoms with Crippen molar-refractivity contribution in [1.82, 2.24) is 5.32 Å². The molecule has 0 saturated heterocycles. The normalized spacial score (nSPS) is 12.5. The van der Waals surface area contributed by atoms with Crippen molar-refractivity contribution in [2.75, 3.05) is 13.6 Å². The summed E-state index contributed by atoms with van der Waals surface area (Å²) in [6.07, 6.45) is 0. The quantitative estimate of drug-likeness (QED) is 0.619. The van der Waals surface area contributed by atoms with Crippen molar-refractivity contribution >= 4 is 0 Å². The molecule has 0 aliphatic rings. The molecule has 2 heteroatoms. The summed E-state index contributed by atoms with van der Waals surface area (Å²) >= 11 is 0. The van der Waals surface area contributed by atoms with E-state index in [-0.39, 0.29) is 0 Å². The molecule has 60 valence electrons. The van der Waals surface area contributed by atoms with Gasteiger partial charge in [-0.2, -0.15) is 0 Å². The average molecular weight is 142 g/mol. The number of allylic oxidation sites excluding steroid dienone is 1. The monoisotopic (exact) mass is 142 g/mol. The number of nitrogens with one attached hydrogen (secondary N) is 1. The van der Waals surface area contributed by atoms with E-state index < -0.39 is 0 Å². The molecule has 0 aromatic heterocycles. The molecule has 10 heavy (non-hydrogen) atoms. The zero-order valence-electron chi connectivity index (χ0n) is 7.36. The Bertz CT molecular complexity index is 123. The van der Waals surface area contributed by atoms with Crippen LogP contribution in [0.5, 0.6) is 0 Å². The molecule has 0 aliphatic carbocycles. The van der Waals surface area contributed by atoms with Gasteiger partial charge < -0.3 is 11.1 Å². The van der Waals surface area contributed by atoms with Crippen molar-refractivity contribution in [3.63, 3.8) is 0 Å². The van der Waals surface area contributed by atoms with Crippen molar-refractivity contribution in [2.45, 2.75) is 20.8 Å². The molecule has 0 heterocycles. The van der Waals surface area contributed by atoms with Crippen LogP contribution in [-0.4, -0.2) is 13.6 Å². The van der Waals surface area contributed by atoms with E-state index in [2.05, 4.69) is 26.1 Å². The van der Waals surface area contributed by atoms with Crippen molar-refractivity contribution in [3.8, 4) is 0 Å². The minimum Gasteiger partial charge on any atom is -0.391 e. The Morgan fingerprint density at radius 2 is 2.00 bits per heavy atom. The van der Waals surface area contributed by atoms with Gasteiger partial charge in [0.2, 0.25) is 0 Å². The smallest absolute Gasteiger partial charge is 0.0132 e. The summed E-state index contributed by atoms with van der Waals surface area (Å²) in [6, 6.07) is 0. The third kappa shape index (κ3) is 2.40. The second-order valence-electron chi connectivity index (χ2n) is 2.80. The molecule has 0 amide bonds. The highest BCUT2D eigenvalue weighted by molar-refractivity contribution is 5.10. The third-order valence-corrected chi connectivity index (χ3v) is 1.65. The Morgan fingerprint density at radius 3 is 2.10 bits per heavy atom. The number of nitrogens with two attached hydrogens (primary N) is 1. The molecule has 3 N–H and O–H groups in total. The van der Waals surface area contributed by atoms with Crippen molar-refractivity contribution in [1.29, 1.82) is 0 Å². The van der Waals surface area contributed by atoms with E-state index >= 15 is 0 Å². The van der Waals surface area contributed by atoms with Crippen LogP contribution in [0.15, 0.2) is 11.3 Å². The molecule has 0 bridgehead atoms. The van der Waals surface area contributed by atoms with Crippen LogP contribution in [0.25, 0.3) is 0 Å². The lowest BCUT2D eigenvalue weighted by Crippen LogP contribution is -2.22. The number of hydrogen-bond donors (Lipinski definition) is 2. The molecular formula is C8H18N2. The van der Waals surface area contributed by atoms with E-state index in [0.29, 0.717) is 12.5 Å². The maximum Gasteiger partial charge on any atom is 0.0132 e. The second kappa shape index (κ2) is 4.34. The van der Waals surface area contributed by atoms with Gasteiger partial charge in [0.1, 0.15) is 0 Å². The summed E-state index contributed by atoms with van der Waals surface area (Å²) in [5.74, 6) is 0.454. The van der Waals surface area contributed by atoms with Crippen LogP contribution in [0, 0.1) is 5.92 Å². The third-order valence-electron chi connectivity index (χ3n) is 1.65. The van der Waals surface area contributed by atoms with Gasteiger partial charge >= 0.3 is 0 Å². The fourth-order valence-corrected chi connectivity index (χ4v) is 1.11. The van der Waals surface area contributed by atoms with Gasteiger partial charge in [-0.05, 0) is 13.8 Å². The fourth-order valence-electron chi connectivity index (χ4n) is 1.11. The standard InChI is InChI=1S/C8H18N2/c1-6(2)8(10-4)7(3)5-9/h7,10H,5,9H2,1-4H3. The predicted molar refractivity (Wildman–Crippen MR) is 45.7 cm³/mol. The molecule has 0 fully saturated rings. The summed E-state index contributed by atoms with van der Waals surface area (Å²) in [4.78, 5) is 0. The summed E-state index contributed by atoms with van der Waals surface area (Å²) < 4.78 is 0. The lowest BCUT2D eigenvalue weighted by molar-refractivity contribution is 0.635. The highest BCUT2D eigenvalue weighted by Crippen LogP contribution is 2.09. The summed E-state index contributed by atoms with van der Waals surface area (Å²) in [5.41, 5.74) is 8.10. The number of hydrogen-bond acceptors (Lipinski definition) is 2. The highest BCUT2D eigenvalue weighted by Gasteiger charge is 2.04. The Hall–Kier alpha value is -0.500. The van der Waals surface area contributed by atoms with Crippen LogP contribution < -0.4 is 11.1 Å². The summed E-state index contributed by atoms with van der Waals surface area (Å²) in [5, 5.41) is 3.15. The SMILES string of the molecule is CNC(=C(C)C)C(C)CN. The Labute approximate surface area is 63.5 Å². The number of rotatable bonds is 3. The lowest BCUT2D eigenvalue weighted by atomic mass is 10.0. The largest absolute Gasteiger partial charge is 0.391 e. The molecule has 1 atom stereocenters. The fraction of sp³-hybridized carbons (Fsp3) is 0.750. The van der Waals surface area contributed by atoms with E-state index in [0.717, 1.165) is 0 Å². The van der Waals surface area contributed by atoms with E-state index in [1.807, 2.05) is 7.05 Å². The van der Waals surface area contributed by atoms with Gasteiger partial charge in [0.15, 0.2) is 0 Å². The van der Waals surface area contributed by atoms with E-state index in [1.54, 1.807) is 0 Å². The van der Waals surface area contributed by atoms with Gasteiger partial charge in [-0.3, -0.25) is 0 Å². The van der Waals surface area contributed by atoms with Crippen molar-refractivity contribution in [3.05, 3.63) is 11.3 Å². The van der Waals surface area contributed by atoms with E-state index in [1.165, 1.54) is 11.3 Å².